The van der Waals surface area contributed by atoms with Gasteiger partial charge in [-0.05, 0) is 19.3 Å². The fourth-order valence-corrected chi connectivity index (χ4v) is 3.84. The standard InChI is InChI=1S/C13H19N5S2/c1-4-7-14-12-17-16-11(20-12)10-9(8-5-6-8)15-13(19-10)18(2)3/h8H,4-7H2,1-3H3,(H,14,17). The molecular formula is C13H19N5S2. The molecule has 0 amide bonds. The quantitative estimate of drug-likeness (QED) is 0.886. The van der Waals surface area contributed by atoms with Crippen LogP contribution < -0.4 is 10.2 Å². The first kappa shape index (κ1) is 13.8. The number of rotatable bonds is 6. The Labute approximate surface area is 127 Å². The van der Waals surface area contributed by atoms with E-state index in [2.05, 4.69) is 27.3 Å². The molecule has 1 N–H and O–H groups in total. The number of hydrogen-bond donors (Lipinski definition) is 1. The van der Waals surface area contributed by atoms with E-state index in [-0.39, 0.29) is 0 Å². The van der Waals surface area contributed by atoms with Crippen LogP contribution in [0.3, 0.4) is 0 Å². The van der Waals surface area contributed by atoms with Gasteiger partial charge < -0.3 is 10.2 Å². The molecule has 1 aliphatic rings. The highest BCUT2D eigenvalue weighted by molar-refractivity contribution is 7.25. The molecule has 7 heteroatoms. The molecule has 1 saturated carbocycles. The highest BCUT2D eigenvalue weighted by Gasteiger charge is 2.31. The molecule has 0 atom stereocenters. The Bertz CT molecular complexity index is 585. The van der Waals surface area contributed by atoms with Crippen molar-refractivity contribution in [3.05, 3.63) is 5.69 Å². The summed E-state index contributed by atoms with van der Waals surface area (Å²) in [6.45, 7) is 3.09. The average molecular weight is 309 g/mol. The van der Waals surface area contributed by atoms with Gasteiger partial charge in [0.25, 0.3) is 0 Å². The van der Waals surface area contributed by atoms with Gasteiger partial charge in [0.2, 0.25) is 5.13 Å². The number of aromatic nitrogens is 3. The lowest BCUT2D eigenvalue weighted by Crippen LogP contribution is -2.07. The zero-order chi connectivity index (χ0) is 14.1. The van der Waals surface area contributed by atoms with Gasteiger partial charge >= 0.3 is 0 Å². The third kappa shape index (κ3) is 2.78. The van der Waals surface area contributed by atoms with Crippen molar-refractivity contribution >= 4 is 32.9 Å². The summed E-state index contributed by atoms with van der Waals surface area (Å²) in [6, 6.07) is 0. The Balaban J connectivity index is 1.90. The maximum Gasteiger partial charge on any atom is 0.206 e. The summed E-state index contributed by atoms with van der Waals surface area (Å²) in [5, 5.41) is 14.8. The minimum atomic E-state index is 0.630. The van der Waals surface area contributed by atoms with E-state index in [1.54, 1.807) is 22.7 Å². The van der Waals surface area contributed by atoms with Crippen molar-refractivity contribution in [2.75, 3.05) is 30.9 Å². The van der Waals surface area contributed by atoms with Crippen molar-refractivity contribution in [3.63, 3.8) is 0 Å². The van der Waals surface area contributed by atoms with E-state index in [1.165, 1.54) is 23.4 Å². The summed E-state index contributed by atoms with van der Waals surface area (Å²) >= 11 is 3.35. The van der Waals surface area contributed by atoms with E-state index in [4.69, 9.17) is 4.98 Å². The Morgan fingerprint density at radius 2 is 2.05 bits per heavy atom. The van der Waals surface area contributed by atoms with Crippen molar-refractivity contribution < 1.29 is 0 Å². The normalized spacial score (nSPS) is 14.6. The van der Waals surface area contributed by atoms with Gasteiger partial charge in [-0.3, -0.25) is 0 Å². The van der Waals surface area contributed by atoms with E-state index in [1.807, 2.05) is 14.1 Å². The molecule has 3 rings (SSSR count). The number of thiazole rings is 1. The second kappa shape index (κ2) is 5.65. The van der Waals surface area contributed by atoms with E-state index >= 15 is 0 Å². The van der Waals surface area contributed by atoms with Gasteiger partial charge in [-0.15, -0.1) is 10.2 Å². The van der Waals surface area contributed by atoms with Crippen LogP contribution in [0.25, 0.3) is 9.88 Å². The van der Waals surface area contributed by atoms with Crippen LogP contribution in [0.5, 0.6) is 0 Å². The Kier molecular flexibility index (Phi) is 3.89. The first-order valence-electron chi connectivity index (χ1n) is 6.94. The lowest BCUT2D eigenvalue weighted by atomic mass is 10.2. The van der Waals surface area contributed by atoms with Gasteiger partial charge in [-0.2, -0.15) is 0 Å². The van der Waals surface area contributed by atoms with E-state index in [0.29, 0.717) is 5.92 Å². The first-order valence-corrected chi connectivity index (χ1v) is 8.58. The fourth-order valence-electron chi connectivity index (χ4n) is 1.92. The zero-order valence-corrected chi connectivity index (χ0v) is 13.6. The van der Waals surface area contributed by atoms with Crippen molar-refractivity contribution in [3.8, 4) is 9.88 Å². The molecule has 0 bridgehead atoms. The molecular weight excluding hydrogens is 290 g/mol. The number of hydrogen-bond acceptors (Lipinski definition) is 7. The highest BCUT2D eigenvalue weighted by Crippen LogP contribution is 2.48. The van der Waals surface area contributed by atoms with Crippen molar-refractivity contribution in [1.82, 2.24) is 15.2 Å². The van der Waals surface area contributed by atoms with Crippen molar-refractivity contribution in [1.29, 1.82) is 0 Å². The smallest absolute Gasteiger partial charge is 0.206 e. The van der Waals surface area contributed by atoms with Gasteiger partial charge in [0, 0.05) is 26.6 Å². The summed E-state index contributed by atoms with van der Waals surface area (Å²) in [4.78, 5) is 8.06. The maximum atomic E-state index is 4.78. The summed E-state index contributed by atoms with van der Waals surface area (Å²) in [5.74, 6) is 0.630. The molecule has 1 aliphatic carbocycles. The monoisotopic (exact) mass is 309 g/mol. The number of anilines is 2. The molecule has 2 heterocycles. The maximum absolute atomic E-state index is 4.78. The Morgan fingerprint density at radius 1 is 1.25 bits per heavy atom. The van der Waals surface area contributed by atoms with Crippen LogP contribution in [0.15, 0.2) is 0 Å². The van der Waals surface area contributed by atoms with Crippen LogP contribution in [0.2, 0.25) is 0 Å². The number of nitrogens with zero attached hydrogens (tertiary/aromatic N) is 4. The summed E-state index contributed by atoms with van der Waals surface area (Å²) in [7, 11) is 4.07. The molecule has 2 aromatic rings. The summed E-state index contributed by atoms with van der Waals surface area (Å²) in [5.41, 5.74) is 1.22. The average Bonchev–Trinajstić information content (AvgIpc) is 3.01. The van der Waals surface area contributed by atoms with E-state index < -0.39 is 0 Å². The van der Waals surface area contributed by atoms with Crippen LogP contribution >= 0.6 is 22.7 Å². The summed E-state index contributed by atoms with van der Waals surface area (Å²) in [6.07, 6.45) is 3.60. The number of nitrogens with one attached hydrogen (secondary N) is 1. The van der Waals surface area contributed by atoms with Gasteiger partial charge in [-0.1, -0.05) is 29.6 Å². The molecule has 108 valence electrons. The third-order valence-corrected chi connectivity index (χ3v) is 5.41. The molecule has 5 nitrogen and oxygen atoms in total. The van der Waals surface area contributed by atoms with Crippen molar-refractivity contribution in [2.24, 2.45) is 0 Å². The second-order valence-corrected chi connectivity index (χ2v) is 7.17. The minimum Gasteiger partial charge on any atom is -0.360 e. The minimum absolute atomic E-state index is 0.630. The molecule has 20 heavy (non-hydrogen) atoms. The molecule has 2 aromatic heterocycles. The van der Waals surface area contributed by atoms with E-state index in [9.17, 15) is 0 Å². The molecule has 0 aliphatic heterocycles. The van der Waals surface area contributed by atoms with Crippen LogP contribution in [-0.4, -0.2) is 35.8 Å². The third-order valence-electron chi connectivity index (χ3n) is 3.13. The summed E-state index contributed by atoms with van der Waals surface area (Å²) < 4.78 is 0. The molecule has 0 saturated heterocycles. The fraction of sp³-hybridized carbons (Fsp3) is 0.615. The topological polar surface area (TPSA) is 53.9 Å². The van der Waals surface area contributed by atoms with Crippen molar-refractivity contribution in [2.45, 2.75) is 32.1 Å². The lowest BCUT2D eigenvalue weighted by Gasteiger charge is -2.05. The lowest BCUT2D eigenvalue weighted by molar-refractivity contribution is 0.963. The zero-order valence-electron chi connectivity index (χ0n) is 12.0. The molecule has 0 aromatic carbocycles. The van der Waals surface area contributed by atoms with Gasteiger partial charge in [0.15, 0.2) is 10.1 Å². The predicted octanol–water partition coefficient (Wildman–Crippen LogP) is 3.43. The Hall–Kier alpha value is -1.21. The Morgan fingerprint density at radius 3 is 2.70 bits per heavy atom. The molecule has 1 fully saturated rings. The van der Waals surface area contributed by atoms with Gasteiger partial charge in [-0.25, -0.2) is 4.98 Å². The molecule has 0 unspecified atom stereocenters. The van der Waals surface area contributed by atoms with Gasteiger partial charge in [0.05, 0.1) is 10.6 Å². The first-order chi connectivity index (χ1) is 9.69. The van der Waals surface area contributed by atoms with Gasteiger partial charge in [0.1, 0.15) is 0 Å². The predicted molar refractivity (Wildman–Crippen MR) is 86.1 cm³/mol. The van der Waals surface area contributed by atoms with Crippen LogP contribution in [0, 0.1) is 0 Å². The highest BCUT2D eigenvalue weighted by atomic mass is 32.1. The molecule has 0 radical (unpaired) electrons. The largest absolute Gasteiger partial charge is 0.360 e. The van der Waals surface area contributed by atoms with Crippen LogP contribution in [-0.2, 0) is 0 Å². The van der Waals surface area contributed by atoms with Crippen LogP contribution in [0.4, 0.5) is 10.3 Å². The SMILES string of the molecule is CCCNc1nnc(-c2sc(N(C)C)nc2C2CC2)s1. The second-order valence-electron chi connectivity index (χ2n) is 5.22. The molecule has 0 spiro atoms. The van der Waals surface area contributed by atoms with Crippen LogP contribution in [0.1, 0.15) is 37.8 Å². The van der Waals surface area contributed by atoms with E-state index in [0.717, 1.165) is 28.2 Å².